The van der Waals surface area contributed by atoms with E-state index in [4.69, 9.17) is 5.26 Å². The number of nitriles is 1. The fraction of sp³-hybridized carbons (Fsp3) is 0.133. The second-order valence-corrected chi connectivity index (χ2v) is 5.34. The molecular weight excluding hydrogens is 326 g/mol. The van der Waals surface area contributed by atoms with Gasteiger partial charge in [-0.1, -0.05) is 6.07 Å². The minimum absolute atomic E-state index is 0.141. The molecule has 0 unspecified atom stereocenters. The molecule has 0 amide bonds. The molecular formula is C15H9BrF2N2. The van der Waals surface area contributed by atoms with Gasteiger partial charge < -0.3 is 4.90 Å². The predicted octanol–water partition coefficient (Wildman–Crippen LogP) is 4.29. The van der Waals surface area contributed by atoms with Crippen molar-refractivity contribution in [2.45, 2.75) is 6.42 Å². The first-order valence-corrected chi connectivity index (χ1v) is 6.85. The summed E-state index contributed by atoms with van der Waals surface area (Å²) < 4.78 is 27.9. The van der Waals surface area contributed by atoms with Gasteiger partial charge in [0, 0.05) is 12.2 Å². The zero-order valence-corrected chi connectivity index (χ0v) is 11.9. The molecule has 0 spiro atoms. The van der Waals surface area contributed by atoms with E-state index in [0.29, 0.717) is 17.9 Å². The van der Waals surface area contributed by atoms with Gasteiger partial charge in [0.05, 0.1) is 15.7 Å². The van der Waals surface area contributed by atoms with E-state index in [1.165, 1.54) is 12.1 Å². The molecule has 0 fully saturated rings. The lowest BCUT2D eigenvalue weighted by molar-refractivity contribution is 0.617. The Morgan fingerprint density at radius 1 is 1.15 bits per heavy atom. The molecule has 0 radical (unpaired) electrons. The first-order chi connectivity index (χ1) is 9.61. The van der Waals surface area contributed by atoms with Gasteiger partial charge in [0.2, 0.25) is 0 Å². The van der Waals surface area contributed by atoms with Gasteiger partial charge in [0.15, 0.2) is 5.82 Å². The molecule has 0 N–H and O–H groups in total. The quantitative estimate of drug-likeness (QED) is 0.777. The number of fused-ring (bicyclic) bond motifs is 1. The van der Waals surface area contributed by atoms with Crippen LogP contribution in [0.5, 0.6) is 0 Å². The van der Waals surface area contributed by atoms with Crippen LogP contribution in [0, 0.1) is 23.0 Å². The van der Waals surface area contributed by atoms with Crippen molar-refractivity contribution < 1.29 is 8.78 Å². The maximum Gasteiger partial charge on any atom is 0.162 e. The van der Waals surface area contributed by atoms with Gasteiger partial charge in [-0.2, -0.15) is 5.26 Å². The fourth-order valence-corrected chi connectivity index (χ4v) is 2.86. The lowest BCUT2D eigenvalue weighted by Crippen LogP contribution is -2.15. The number of hydrogen-bond donors (Lipinski definition) is 0. The second-order valence-electron chi connectivity index (χ2n) is 4.55. The predicted molar refractivity (Wildman–Crippen MR) is 75.9 cm³/mol. The molecule has 0 bridgehead atoms. The van der Waals surface area contributed by atoms with Crippen LogP contribution in [0.4, 0.5) is 20.2 Å². The van der Waals surface area contributed by atoms with Gasteiger partial charge in [0.1, 0.15) is 11.9 Å². The summed E-state index contributed by atoms with van der Waals surface area (Å²) in [5, 5.41) is 8.88. The molecule has 3 rings (SSSR count). The van der Waals surface area contributed by atoms with E-state index in [1.807, 2.05) is 6.07 Å². The minimum Gasteiger partial charge on any atom is -0.338 e. The van der Waals surface area contributed by atoms with Crippen LogP contribution in [0.3, 0.4) is 0 Å². The topological polar surface area (TPSA) is 27.0 Å². The number of hydrogen-bond acceptors (Lipinski definition) is 2. The largest absolute Gasteiger partial charge is 0.338 e. The van der Waals surface area contributed by atoms with E-state index in [0.717, 1.165) is 12.0 Å². The van der Waals surface area contributed by atoms with Crippen molar-refractivity contribution in [2.24, 2.45) is 0 Å². The molecule has 20 heavy (non-hydrogen) atoms. The van der Waals surface area contributed by atoms with E-state index in [1.54, 1.807) is 23.1 Å². The Labute approximate surface area is 123 Å². The van der Waals surface area contributed by atoms with E-state index in [9.17, 15) is 8.78 Å². The SMILES string of the molecule is N#Cc1ccc(N2CCc3ccc(F)cc32)c(F)c1Br. The maximum atomic E-state index is 14.4. The van der Waals surface area contributed by atoms with Crippen LogP contribution in [0.15, 0.2) is 34.8 Å². The molecule has 1 aliphatic rings. The van der Waals surface area contributed by atoms with Gasteiger partial charge in [0.25, 0.3) is 0 Å². The van der Waals surface area contributed by atoms with Crippen molar-refractivity contribution in [3.05, 3.63) is 57.6 Å². The molecule has 0 saturated heterocycles. The van der Waals surface area contributed by atoms with Crippen molar-refractivity contribution in [3.63, 3.8) is 0 Å². The van der Waals surface area contributed by atoms with Crippen LogP contribution >= 0.6 is 15.9 Å². The zero-order valence-electron chi connectivity index (χ0n) is 10.3. The van der Waals surface area contributed by atoms with Crippen molar-refractivity contribution in [2.75, 3.05) is 11.4 Å². The van der Waals surface area contributed by atoms with Crippen LogP contribution in [0.1, 0.15) is 11.1 Å². The molecule has 1 heterocycles. The molecule has 2 aromatic rings. The monoisotopic (exact) mass is 334 g/mol. The number of rotatable bonds is 1. The molecule has 2 aromatic carbocycles. The highest BCUT2D eigenvalue weighted by Crippen LogP contribution is 2.38. The summed E-state index contributed by atoms with van der Waals surface area (Å²) >= 11 is 3.09. The summed E-state index contributed by atoms with van der Waals surface area (Å²) in [7, 11) is 0. The van der Waals surface area contributed by atoms with E-state index in [2.05, 4.69) is 15.9 Å². The summed E-state index contributed by atoms with van der Waals surface area (Å²) in [5.41, 5.74) is 2.26. The third kappa shape index (κ3) is 1.97. The van der Waals surface area contributed by atoms with Crippen molar-refractivity contribution in [1.29, 1.82) is 5.26 Å². The number of nitrogens with zero attached hydrogens (tertiary/aromatic N) is 2. The van der Waals surface area contributed by atoms with Crippen LogP contribution in [-0.2, 0) is 6.42 Å². The molecule has 0 aromatic heterocycles. The number of anilines is 2. The zero-order chi connectivity index (χ0) is 14.3. The molecule has 1 aliphatic heterocycles. The van der Waals surface area contributed by atoms with Gasteiger partial charge in [-0.3, -0.25) is 0 Å². The van der Waals surface area contributed by atoms with E-state index >= 15 is 0 Å². The number of benzene rings is 2. The van der Waals surface area contributed by atoms with Crippen LogP contribution in [0.25, 0.3) is 0 Å². The number of halogens is 3. The standard InChI is InChI=1S/C15H9BrF2N2/c16-14-10(8-19)2-4-12(15(14)18)20-6-5-9-1-3-11(17)7-13(9)20/h1-4,7H,5-6H2. The third-order valence-electron chi connectivity index (χ3n) is 3.42. The highest BCUT2D eigenvalue weighted by atomic mass is 79.9. The van der Waals surface area contributed by atoms with Crippen LogP contribution < -0.4 is 4.90 Å². The lowest BCUT2D eigenvalue weighted by Gasteiger charge is -2.21. The molecule has 2 nitrogen and oxygen atoms in total. The van der Waals surface area contributed by atoms with Crippen molar-refractivity contribution >= 4 is 27.3 Å². The lowest BCUT2D eigenvalue weighted by atomic mass is 10.1. The minimum atomic E-state index is -0.499. The normalized spacial score (nSPS) is 13.2. The average Bonchev–Trinajstić information content (AvgIpc) is 2.85. The first kappa shape index (κ1) is 13.1. The van der Waals surface area contributed by atoms with Gasteiger partial charge >= 0.3 is 0 Å². The summed E-state index contributed by atoms with van der Waals surface area (Å²) in [6.07, 6.45) is 0.743. The Morgan fingerprint density at radius 2 is 1.95 bits per heavy atom. The molecule has 0 atom stereocenters. The first-order valence-electron chi connectivity index (χ1n) is 6.06. The second kappa shape index (κ2) is 4.88. The Bertz CT molecular complexity index is 737. The Kier molecular flexibility index (Phi) is 3.19. The molecule has 0 saturated carbocycles. The van der Waals surface area contributed by atoms with Crippen molar-refractivity contribution in [3.8, 4) is 6.07 Å². The smallest absolute Gasteiger partial charge is 0.162 e. The third-order valence-corrected chi connectivity index (χ3v) is 4.19. The summed E-state index contributed by atoms with van der Waals surface area (Å²) in [6.45, 7) is 0.591. The maximum absolute atomic E-state index is 14.4. The van der Waals surface area contributed by atoms with Crippen LogP contribution in [0.2, 0.25) is 0 Å². The highest BCUT2D eigenvalue weighted by molar-refractivity contribution is 9.10. The Hall–Kier alpha value is -1.93. The summed E-state index contributed by atoms with van der Waals surface area (Å²) in [4.78, 5) is 1.74. The summed E-state index contributed by atoms with van der Waals surface area (Å²) in [6, 6.07) is 9.57. The average molecular weight is 335 g/mol. The van der Waals surface area contributed by atoms with Gasteiger partial charge in [-0.15, -0.1) is 0 Å². The Morgan fingerprint density at radius 3 is 2.70 bits per heavy atom. The highest BCUT2D eigenvalue weighted by Gasteiger charge is 2.24. The molecule has 100 valence electrons. The van der Waals surface area contributed by atoms with E-state index < -0.39 is 5.82 Å². The van der Waals surface area contributed by atoms with Crippen molar-refractivity contribution in [1.82, 2.24) is 0 Å². The van der Waals surface area contributed by atoms with Gasteiger partial charge in [-0.05, 0) is 52.2 Å². The van der Waals surface area contributed by atoms with Gasteiger partial charge in [-0.25, -0.2) is 8.78 Å². The fourth-order valence-electron chi connectivity index (χ4n) is 2.44. The van der Waals surface area contributed by atoms with Crippen LogP contribution in [-0.4, -0.2) is 6.54 Å². The molecule has 0 aliphatic carbocycles. The van der Waals surface area contributed by atoms with E-state index in [-0.39, 0.29) is 15.9 Å². The Balaban J connectivity index is 2.12. The molecule has 5 heteroatoms. The summed E-state index contributed by atoms with van der Waals surface area (Å²) in [5.74, 6) is -0.843.